The van der Waals surface area contributed by atoms with Crippen molar-refractivity contribution in [1.82, 2.24) is 10.3 Å². The smallest absolute Gasteiger partial charge is 0.138 e. The van der Waals surface area contributed by atoms with Crippen LogP contribution in [0.4, 0.5) is 0 Å². The molecule has 0 bridgehead atoms. The highest BCUT2D eigenvalue weighted by Crippen LogP contribution is 2.38. The summed E-state index contributed by atoms with van der Waals surface area (Å²) in [6.45, 7) is 6.42. The SMILES string of the molecule is CCC1CCC(C(NC)c2cncc(OC(C)C)c2)CC1. The van der Waals surface area contributed by atoms with Crippen molar-refractivity contribution in [3.8, 4) is 5.75 Å². The summed E-state index contributed by atoms with van der Waals surface area (Å²) in [5, 5.41) is 3.51. The Labute approximate surface area is 129 Å². The van der Waals surface area contributed by atoms with E-state index in [2.05, 4.69) is 30.3 Å². The Balaban J connectivity index is 2.07. The van der Waals surface area contributed by atoms with E-state index < -0.39 is 0 Å². The van der Waals surface area contributed by atoms with E-state index in [0.29, 0.717) is 12.0 Å². The van der Waals surface area contributed by atoms with Crippen molar-refractivity contribution in [3.63, 3.8) is 0 Å². The van der Waals surface area contributed by atoms with Crippen LogP contribution >= 0.6 is 0 Å². The largest absolute Gasteiger partial charge is 0.489 e. The second-order valence-electron chi connectivity index (χ2n) is 6.58. The second kappa shape index (κ2) is 7.79. The van der Waals surface area contributed by atoms with Crippen molar-refractivity contribution in [3.05, 3.63) is 24.0 Å². The predicted molar refractivity (Wildman–Crippen MR) is 87.5 cm³/mol. The number of aromatic nitrogens is 1. The van der Waals surface area contributed by atoms with Crippen molar-refractivity contribution < 1.29 is 4.74 Å². The normalized spacial score (nSPS) is 24.0. The van der Waals surface area contributed by atoms with E-state index in [1.54, 1.807) is 0 Å². The summed E-state index contributed by atoms with van der Waals surface area (Å²) in [7, 11) is 2.06. The number of rotatable bonds is 6. The van der Waals surface area contributed by atoms with Gasteiger partial charge >= 0.3 is 0 Å². The summed E-state index contributed by atoms with van der Waals surface area (Å²) in [4.78, 5) is 4.37. The average Bonchev–Trinajstić information content (AvgIpc) is 2.48. The Morgan fingerprint density at radius 1 is 1.24 bits per heavy atom. The predicted octanol–water partition coefficient (Wildman–Crippen LogP) is 4.35. The van der Waals surface area contributed by atoms with Crippen molar-refractivity contribution in [1.29, 1.82) is 0 Å². The van der Waals surface area contributed by atoms with Gasteiger partial charge in [-0.05, 0) is 57.2 Å². The lowest BCUT2D eigenvalue weighted by Crippen LogP contribution is -2.28. The first-order chi connectivity index (χ1) is 10.1. The molecular weight excluding hydrogens is 260 g/mol. The fraction of sp³-hybridized carbons (Fsp3) is 0.722. The van der Waals surface area contributed by atoms with Gasteiger partial charge < -0.3 is 10.1 Å². The van der Waals surface area contributed by atoms with E-state index >= 15 is 0 Å². The molecule has 1 aromatic heterocycles. The highest BCUT2D eigenvalue weighted by molar-refractivity contribution is 5.26. The molecule has 118 valence electrons. The van der Waals surface area contributed by atoms with Crippen LogP contribution in [-0.2, 0) is 0 Å². The average molecular weight is 290 g/mol. The second-order valence-corrected chi connectivity index (χ2v) is 6.58. The van der Waals surface area contributed by atoms with Crippen LogP contribution in [0.25, 0.3) is 0 Å². The van der Waals surface area contributed by atoms with Crippen molar-refractivity contribution >= 4 is 0 Å². The van der Waals surface area contributed by atoms with E-state index in [4.69, 9.17) is 4.74 Å². The molecule has 1 unspecified atom stereocenters. The van der Waals surface area contributed by atoms with Crippen LogP contribution in [0.3, 0.4) is 0 Å². The molecule has 1 N–H and O–H groups in total. The highest BCUT2D eigenvalue weighted by atomic mass is 16.5. The first-order valence-electron chi connectivity index (χ1n) is 8.42. The zero-order chi connectivity index (χ0) is 15.2. The topological polar surface area (TPSA) is 34.2 Å². The standard InChI is InChI=1S/C18H30N2O/c1-5-14-6-8-15(9-7-14)18(19-4)16-10-17(12-20-11-16)21-13(2)3/h10-15,18-19H,5-9H2,1-4H3. The third-order valence-corrected chi connectivity index (χ3v) is 4.72. The molecule has 0 amide bonds. The highest BCUT2D eigenvalue weighted by Gasteiger charge is 2.27. The molecule has 1 aromatic rings. The Morgan fingerprint density at radius 3 is 2.52 bits per heavy atom. The van der Waals surface area contributed by atoms with E-state index in [1.807, 2.05) is 26.2 Å². The monoisotopic (exact) mass is 290 g/mol. The zero-order valence-electron chi connectivity index (χ0n) is 13.9. The Bertz CT molecular complexity index is 425. The summed E-state index contributed by atoms with van der Waals surface area (Å²) < 4.78 is 5.78. The quantitative estimate of drug-likeness (QED) is 0.846. The van der Waals surface area contributed by atoms with E-state index in [0.717, 1.165) is 11.7 Å². The van der Waals surface area contributed by atoms with Crippen LogP contribution in [0.2, 0.25) is 0 Å². The molecule has 2 rings (SSSR count). The molecule has 1 fully saturated rings. The molecule has 0 aliphatic heterocycles. The van der Waals surface area contributed by atoms with Gasteiger partial charge in [0.15, 0.2) is 0 Å². The molecule has 1 aliphatic rings. The fourth-order valence-electron chi connectivity index (χ4n) is 3.55. The van der Waals surface area contributed by atoms with E-state index in [1.165, 1.54) is 37.7 Å². The maximum absolute atomic E-state index is 5.78. The van der Waals surface area contributed by atoms with Crippen molar-refractivity contribution in [2.24, 2.45) is 11.8 Å². The number of nitrogens with one attached hydrogen (secondary N) is 1. The van der Waals surface area contributed by atoms with Gasteiger partial charge in [0.2, 0.25) is 0 Å². The third kappa shape index (κ3) is 4.44. The molecule has 1 atom stereocenters. The lowest BCUT2D eigenvalue weighted by atomic mass is 9.76. The van der Waals surface area contributed by atoms with Crippen LogP contribution in [-0.4, -0.2) is 18.1 Å². The number of ether oxygens (including phenoxy) is 1. The number of hydrogen-bond acceptors (Lipinski definition) is 3. The van der Waals surface area contributed by atoms with E-state index in [9.17, 15) is 0 Å². The van der Waals surface area contributed by atoms with Crippen molar-refractivity contribution in [2.75, 3.05) is 7.05 Å². The number of hydrogen-bond donors (Lipinski definition) is 1. The molecule has 21 heavy (non-hydrogen) atoms. The minimum atomic E-state index is 0.190. The fourth-order valence-corrected chi connectivity index (χ4v) is 3.55. The molecule has 3 nitrogen and oxygen atoms in total. The lowest BCUT2D eigenvalue weighted by molar-refractivity contribution is 0.221. The summed E-state index contributed by atoms with van der Waals surface area (Å²) in [5.41, 5.74) is 1.26. The van der Waals surface area contributed by atoms with Gasteiger partial charge in [-0.3, -0.25) is 4.98 Å². The molecule has 1 aliphatic carbocycles. The van der Waals surface area contributed by atoms with Crippen LogP contribution in [0.1, 0.15) is 64.5 Å². The Morgan fingerprint density at radius 2 is 1.95 bits per heavy atom. The molecular formula is C18H30N2O. The maximum atomic E-state index is 5.78. The first-order valence-corrected chi connectivity index (χ1v) is 8.42. The van der Waals surface area contributed by atoms with Crippen LogP contribution in [0.5, 0.6) is 5.75 Å². The summed E-state index contributed by atoms with van der Waals surface area (Å²) in [6, 6.07) is 2.55. The number of nitrogens with zero attached hydrogens (tertiary/aromatic N) is 1. The lowest BCUT2D eigenvalue weighted by Gasteiger charge is -2.33. The van der Waals surface area contributed by atoms with Gasteiger partial charge in [-0.2, -0.15) is 0 Å². The molecule has 0 aromatic carbocycles. The minimum Gasteiger partial charge on any atom is -0.489 e. The van der Waals surface area contributed by atoms with Crippen LogP contribution < -0.4 is 10.1 Å². The summed E-state index contributed by atoms with van der Waals surface area (Å²) >= 11 is 0. The maximum Gasteiger partial charge on any atom is 0.138 e. The summed E-state index contributed by atoms with van der Waals surface area (Å²) in [5.74, 6) is 2.53. The third-order valence-electron chi connectivity index (χ3n) is 4.72. The van der Waals surface area contributed by atoms with Crippen molar-refractivity contribution in [2.45, 2.75) is 65.0 Å². The Hall–Kier alpha value is -1.09. The van der Waals surface area contributed by atoms with Gasteiger partial charge in [0.1, 0.15) is 5.75 Å². The summed E-state index contributed by atoms with van der Waals surface area (Å²) in [6.07, 6.45) is 10.7. The van der Waals surface area contributed by atoms with Crippen LogP contribution in [0.15, 0.2) is 18.5 Å². The molecule has 1 saturated carbocycles. The Kier molecular flexibility index (Phi) is 6.04. The van der Waals surface area contributed by atoms with Gasteiger partial charge in [0.25, 0.3) is 0 Å². The van der Waals surface area contributed by atoms with Gasteiger partial charge in [0, 0.05) is 12.2 Å². The molecule has 3 heteroatoms. The number of pyridine rings is 1. The van der Waals surface area contributed by atoms with E-state index in [-0.39, 0.29) is 6.10 Å². The molecule has 1 heterocycles. The molecule has 0 spiro atoms. The molecule has 0 radical (unpaired) electrons. The zero-order valence-corrected chi connectivity index (χ0v) is 13.9. The minimum absolute atomic E-state index is 0.190. The molecule has 0 saturated heterocycles. The van der Waals surface area contributed by atoms with Gasteiger partial charge in [-0.25, -0.2) is 0 Å². The van der Waals surface area contributed by atoms with Gasteiger partial charge in [0.05, 0.1) is 12.3 Å². The van der Waals surface area contributed by atoms with Gasteiger partial charge in [-0.1, -0.05) is 26.2 Å². The first kappa shape index (κ1) is 16.3. The van der Waals surface area contributed by atoms with Gasteiger partial charge in [-0.15, -0.1) is 0 Å². The van der Waals surface area contributed by atoms with Crippen LogP contribution in [0, 0.1) is 11.8 Å².